The van der Waals surface area contributed by atoms with Crippen molar-refractivity contribution in [2.75, 3.05) is 32.1 Å². The molecule has 7 nitrogen and oxygen atoms in total. The Balaban J connectivity index is 1.75. The van der Waals surface area contributed by atoms with E-state index in [4.69, 9.17) is 14.6 Å². The number of esters is 1. The maximum atomic E-state index is 12.5. The fourth-order valence-corrected chi connectivity index (χ4v) is 3.00. The number of halogens is 1. The number of carbonyl (C=O) groups excluding carboxylic acids is 2. The smallest absolute Gasteiger partial charge is 0.337 e. The third-order valence-corrected chi connectivity index (χ3v) is 4.66. The summed E-state index contributed by atoms with van der Waals surface area (Å²) in [6, 6.07) is 14.5. The Kier molecular flexibility index (Phi) is 6.33. The predicted molar refractivity (Wildman–Crippen MR) is 107 cm³/mol. The Morgan fingerprint density at radius 1 is 1.14 bits per heavy atom. The van der Waals surface area contributed by atoms with Crippen molar-refractivity contribution in [3.05, 3.63) is 64.3 Å². The number of benzene rings is 2. The Bertz CT molecular complexity index is 894. The van der Waals surface area contributed by atoms with Crippen LogP contribution in [0.1, 0.15) is 0 Å². The van der Waals surface area contributed by atoms with Crippen LogP contribution in [0, 0.1) is 0 Å². The summed E-state index contributed by atoms with van der Waals surface area (Å²) in [4.78, 5) is 25.9. The second-order valence-corrected chi connectivity index (χ2v) is 6.92. The van der Waals surface area contributed by atoms with Crippen LogP contribution in [0.3, 0.4) is 0 Å². The Morgan fingerprint density at radius 2 is 1.75 bits per heavy atom. The van der Waals surface area contributed by atoms with Gasteiger partial charge in [-0.1, -0.05) is 15.9 Å². The van der Waals surface area contributed by atoms with E-state index in [9.17, 15) is 9.59 Å². The number of aliphatic hydroxyl groups excluding tert-OH is 1. The first-order valence-corrected chi connectivity index (χ1v) is 9.33. The van der Waals surface area contributed by atoms with Gasteiger partial charge in [0.15, 0.2) is 0 Å². The SMILES string of the molecule is COC(=O)C1=C(Nc2ccc(Oc3ccc(Br)cc3)cc2)C(=O)N(CCO)C1. The van der Waals surface area contributed by atoms with Crippen LogP contribution in [-0.2, 0) is 14.3 Å². The largest absolute Gasteiger partial charge is 0.466 e. The molecule has 146 valence electrons. The van der Waals surface area contributed by atoms with E-state index in [-0.39, 0.29) is 36.9 Å². The van der Waals surface area contributed by atoms with Crippen LogP contribution < -0.4 is 10.1 Å². The van der Waals surface area contributed by atoms with Gasteiger partial charge in [0.05, 0.1) is 25.8 Å². The van der Waals surface area contributed by atoms with E-state index in [1.54, 1.807) is 24.3 Å². The maximum Gasteiger partial charge on any atom is 0.337 e. The molecule has 2 aromatic rings. The van der Waals surface area contributed by atoms with Gasteiger partial charge < -0.3 is 24.8 Å². The van der Waals surface area contributed by atoms with Crippen molar-refractivity contribution < 1.29 is 24.2 Å². The molecule has 0 bridgehead atoms. The van der Waals surface area contributed by atoms with E-state index in [0.29, 0.717) is 17.2 Å². The molecule has 0 saturated heterocycles. The molecule has 0 atom stereocenters. The highest BCUT2D eigenvalue weighted by Crippen LogP contribution is 2.27. The lowest BCUT2D eigenvalue weighted by Crippen LogP contribution is -2.31. The first-order valence-electron chi connectivity index (χ1n) is 8.54. The second kappa shape index (κ2) is 8.90. The summed E-state index contributed by atoms with van der Waals surface area (Å²) in [6.07, 6.45) is 0. The van der Waals surface area contributed by atoms with Crippen molar-refractivity contribution in [3.8, 4) is 11.5 Å². The van der Waals surface area contributed by atoms with E-state index in [1.165, 1.54) is 12.0 Å². The molecule has 0 fully saturated rings. The van der Waals surface area contributed by atoms with Crippen molar-refractivity contribution in [3.63, 3.8) is 0 Å². The number of carbonyl (C=O) groups is 2. The second-order valence-electron chi connectivity index (χ2n) is 6.00. The van der Waals surface area contributed by atoms with Crippen molar-refractivity contribution in [2.24, 2.45) is 0 Å². The van der Waals surface area contributed by atoms with Gasteiger partial charge in [0.25, 0.3) is 5.91 Å². The highest BCUT2D eigenvalue weighted by Gasteiger charge is 2.34. The molecule has 3 rings (SSSR count). The van der Waals surface area contributed by atoms with Gasteiger partial charge in [0, 0.05) is 16.7 Å². The van der Waals surface area contributed by atoms with Crippen LogP contribution in [0.2, 0.25) is 0 Å². The van der Waals surface area contributed by atoms with Crippen molar-refractivity contribution in [2.45, 2.75) is 0 Å². The molecule has 0 aromatic heterocycles. The van der Waals surface area contributed by atoms with Gasteiger partial charge in [-0.2, -0.15) is 0 Å². The molecule has 8 heteroatoms. The number of hydrogen-bond donors (Lipinski definition) is 2. The average molecular weight is 447 g/mol. The van der Waals surface area contributed by atoms with Gasteiger partial charge in [0.2, 0.25) is 0 Å². The summed E-state index contributed by atoms with van der Waals surface area (Å²) in [5.74, 6) is 0.399. The zero-order valence-corrected chi connectivity index (χ0v) is 16.7. The number of amides is 1. The van der Waals surface area contributed by atoms with Crippen molar-refractivity contribution >= 4 is 33.5 Å². The standard InChI is InChI=1S/C20H19BrN2O5/c1-27-20(26)17-12-23(10-11-24)19(25)18(17)22-14-4-8-16(9-5-14)28-15-6-2-13(21)3-7-15/h2-9,22,24H,10-12H2,1H3. The fraction of sp³-hybridized carbons (Fsp3) is 0.200. The summed E-state index contributed by atoms with van der Waals surface area (Å²) in [5.41, 5.74) is 1.01. The summed E-state index contributed by atoms with van der Waals surface area (Å²) in [5, 5.41) is 12.1. The van der Waals surface area contributed by atoms with Crippen molar-refractivity contribution in [1.29, 1.82) is 0 Å². The molecule has 0 unspecified atom stereocenters. The number of hydrogen-bond acceptors (Lipinski definition) is 6. The molecule has 1 amide bonds. The van der Waals surface area contributed by atoms with Crippen LogP contribution in [-0.4, -0.2) is 48.7 Å². The highest BCUT2D eigenvalue weighted by atomic mass is 79.9. The molecule has 0 spiro atoms. The molecular weight excluding hydrogens is 428 g/mol. The van der Waals surface area contributed by atoms with Gasteiger partial charge in [0.1, 0.15) is 17.2 Å². The zero-order chi connectivity index (χ0) is 20.1. The first kappa shape index (κ1) is 19.9. The minimum absolute atomic E-state index is 0.0964. The number of methoxy groups -OCH3 is 1. The molecule has 1 aliphatic rings. The number of aliphatic hydroxyl groups is 1. The highest BCUT2D eigenvalue weighted by molar-refractivity contribution is 9.10. The van der Waals surface area contributed by atoms with Gasteiger partial charge in [-0.3, -0.25) is 4.79 Å². The van der Waals surface area contributed by atoms with Crippen LogP contribution in [0.5, 0.6) is 11.5 Å². The molecular formula is C20H19BrN2O5. The molecule has 1 heterocycles. The number of β-amino-alcohol motifs (C(OH)–C–C–N with tert-alkyl or cyclic N) is 1. The molecule has 28 heavy (non-hydrogen) atoms. The van der Waals surface area contributed by atoms with E-state index in [0.717, 1.165) is 4.47 Å². The minimum Gasteiger partial charge on any atom is -0.466 e. The lowest BCUT2D eigenvalue weighted by molar-refractivity contribution is -0.136. The van der Waals surface area contributed by atoms with Crippen LogP contribution in [0.4, 0.5) is 5.69 Å². The maximum absolute atomic E-state index is 12.5. The first-order chi connectivity index (χ1) is 13.5. The topological polar surface area (TPSA) is 88.1 Å². The number of rotatable bonds is 7. The number of ether oxygens (including phenoxy) is 2. The average Bonchev–Trinajstić information content (AvgIpc) is 3.01. The van der Waals surface area contributed by atoms with Crippen LogP contribution in [0.15, 0.2) is 64.3 Å². The third-order valence-electron chi connectivity index (χ3n) is 4.13. The molecule has 0 radical (unpaired) electrons. The van der Waals surface area contributed by atoms with E-state index in [2.05, 4.69) is 21.2 Å². The quantitative estimate of drug-likeness (QED) is 0.635. The normalized spacial score (nSPS) is 13.7. The third kappa shape index (κ3) is 4.52. The Morgan fingerprint density at radius 3 is 2.32 bits per heavy atom. The molecule has 2 aromatic carbocycles. The minimum atomic E-state index is -0.577. The number of anilines is 1. The fourth-order valence-electron chi connectivity index (χ4n) is 2.74. The Labute approximate surface area is 170 Å². The van der Waals surface area contributed by atoms with Crippen molar-refractivity contribution in [1.82, 2.24) is 4.90 Å². The van der Waals surface area contributed by atoms with Gasteiger partial charge >= 0.3 is 5.97 Å². The number of nitrogens with one attached hydrogen (secondary N) is 1. The summed E-state index contributed by atoms with van der Waals surface area (Å²) < 4.78 is 11.5. The monoisotopic (exact) mass is 446 g/mol. The molecule has 2 N–H and O–H groups in total. The predicted octanol–water partition coefficient (Wildman–Crippen LogP) is 2.91. The van der Waals surface area contributed by atoms with E-state index in [1.807, 2.05) is 24.3 Å². The van der Waals surface area contributed by atoms with Gasteiger partial charge in [-0.25, -0.2) is 4.79 Å². The number of nitrogens with zero attached hydrogens (tertiary/aromatic N) is 1. The zero-order valence-electron chi connectivity index (χ0n) is 15.1. The Hall–Kier alpha value is -2.84. The van der Waals surface area contributed by atoms with Crippen LogP contribution in [0.25, 0.3) is 0 Å². The lowest BCUT2D eigenvalue weighted by Gasteiger charge is -2.15. The van der Waals surface area contributed by atoms with E-state index < -0.39 is 5.97 Å². The summed E-state index contributed by atoms with van der Waals surface area (Å²) in [6.45, 7) is 0.0548. The van der Waals surface area contributed by atoms with Gasteiger partial charge in [-0.15, -0.1) is 0 Å². The van der Waals surface area contributed by atoms with E-state index >= 15 is 0 Å². The summed E-state index contributed by atoms with van der Waals surface area (Å²) >= 11 is 3.38. The molecule has 1 aliphatic heterocycles. The van der Waals surface area contributed by atoms with Crippen LogP contribution >= 0.6 is 15.9 Å². The summed E-state index contributed by atoms with van der Waals surface area (Å²) in [7, 11) is 1.26. The molecule has 0 saturated carbocycles. The molecule has 0 aliphatic carbocycles. The van der Waals surface area contributed by atoms with Gasteiger partial charge in [-0.05, 0) is 48.5 Å². The lowest BCUT2D eigenvalue weighted by atomic mass is 10.2.